The Morgan fingerprint density at radius 2 is 2.33 bits per heavy atom. The van der Waals surface area contributed by atoms with Crippen molar-refractivity contribution in [3.8, 4) is 5.75 Å². The van der Waals surface area contributed by atoms with Gasteiger partial charge in [0.1, 0.15) is 6.33 Å². The highest BCUT2D eigenvalue weighted by Gasteiger charge is 2.11. The summed E-state index contributed by atoms with van der Waals surface area (Å²) in [4.78, 5) is 4.65. The maximum Gasteiger partial charge on any atom is 0.188 e. The minimum absolute atomic E-state index is 0.202. The molecule has 1 heterocycles. The van der Waals surface area contributed by atoms with E-state index in [2.05, 4.69) is 15.2 Å². The van der Waals surface area contributed by atoms with Crippen molar-refractivity contribution in [2.45, 2.75) is 23.4 Å². The summed E-state index contributed by atoms with van der Waals surface area (Å²) in [6.45, 7) is 2.42. The van der Waals surface area contributed by atoms with Gasteiger partial charge in [0, 0.05) is 16.6 Å². The molecule has 0 fully saturated rings. The molecule has 1 aromatic heterocycles. The van der Waals surface area contributed by atoms with Crippen LogP contribution in [0.2, 0.25) is 0 Å². The summed E-state index contributed by atoms with van der Waals surface area (Å²) in [5.74, 6) is -0.254. The zero-order valence-electron chi connectivity index (χ0n) is 9.81. The molecule has 2 rings (SSSR count). The van der Waals surface area contributed by atoms with Crippen LogP contribution in [-0.4, -0.2) is 21.8 Å². The predicted molar refractivity (Wildman–Crippen MR) is 67.1 cm³/mol. The number of hydrogen-bond acceptors (Lipinski definition) is 5. The molecule has 2 aromatic rings. The van der Waals surface area contributed by atoms with Crippen molar-refractivity contribution in [3.05, 3.63) is 24.3 Å². The second-order valence-electron chi connectivity index (χ2n) is 3.56. The zero-order chi connectivity index (χ0) is 13.0. The van der Waals surface area contributed by atoms with Gasteiger partial charge in [-0.15, -0.1) is 0 Å². The fraction of sp³-hybridized carbons (Fsp3) is 0.273. The molecule has 0 amide bonds. The Kier molecular flexibility index (Phi) is 4.03. The number of H-pyrrole nitrogens is 1. The van der Waals surface area contributed by atoms with Crippen LogP contribution in [0.25, 0.3) is 0 Å². The van der Waals surface area contributed by atoms with Gasteiger partial charge in [-0.25, -0.2) is 9.37 Å². The van der Waals surface area contributed by atoms with Crippen LogP contribution in [0.4, 0.5) is 10.1 Å². The third-order valence-corrected chi connectivity index (χ3v) is 3.09. The van der Waals surface area contributed by atoms with Crippen LogP contribution in [-0.2, 0) is 0 Å². The number of benzene rings is 1. The lowest BCUT2D eigenvalue weighted by Crippen LogP contribution is -1.99. The first-order valence-corrected chi connectivity index (χ1v) is 6.27. The molecule has 0 saturated carbocycles. The molecule has 3 N–H and O–H groups in total. The van der Waals surface area contributed by atoms with Crippen LogP contribution < -0.4 is 10.5 Å². The van der Waals surface area contributed by atoms with Gasteiger partial charge in [0.05, 0.1) is 6.61 Å². The molecule has 0 aliphatic rings. The molecule has 7 heteroatoms. The van der Waals surface area contributed by atoms with Crippen molar-refractivity contribution in [1.82, 2.24) is 15.2 Å². The van der Waals surface area contributed by atoms with E-state index < -0.39 is 5.82 Å². The average molecular weight is 268 g/mol. The van der Waals surface area contributed by atoms with Crippen LogP contribution in [0, 0.1) is 5.82 Å². The first kappa shape index (κ1) is 12.7. The summed E-state index contributed by atoms with van der Waals surface area (Å²) in [6.07, 6.45) is 2.21. The Bertz CT molecular complexity index is 518. The van der Waals surface area contributed by atoms with Gasteiger partial charge in [0.15, 0.2) is 16.7 Å². The molecule has 0 bridgehead atoms. The Morgan fingerprint density at radius 1 is 1.50 bits per heavy atom. The second kappa shape index (κ2) is 5.72. The van der Waals surface area contributed by atoms with E-state index in [0.29, 0.717) is 22.3 Å². The molecule has 0 aliphatic carbocycles. The Balaban J connectivity index is 2.23. The lowest BCUT2D eigenvalue weighted by molar-refractivity contribution is 0.300. The molecule has 0 aliphatic heterocycles. The highest BCUT2D eigenvalue weighted by Crippen LogP contribution is 2.34. The van der Waals surface area contributed by atoms with E-state index in [4.69, 9.17) is 10.5 Å². The van der Waals surface area contributed by atoms with E-state index in [1.54, 1.807) is 6.07 Å². The number of hydrogen-bond donors (Lipinski definition) is 2. The molecule has 5 nitrogen and oxygen atoms in total. The predicted octanol–water partition coefficient (Wildman–Crippen LogP) is 2.47. The van der Waals surface area contributed by atoms with Gasteiger partial charge in [-0.2, -0.15) is 5.10 Å². The maximum absolute atomic E-state index is 13.6. The summed E-state index contributed by atoms with van der Waals surface area (Å²) >= 11 is 1.28. The van der Waals surface area contributed by atoms with Crippen LogP contribution >= 0.6 is 11.8 Å². The van der Waals surface area contributed by atoms with E-state index >= 15 is 0 Å². The van der Waals surface area contributed by atoms with E-state index in [9.17, 15) is 4.39 Å². The van der Waals surface area contributed by atoms with Gasteiger partial charge in [-0.1, -0.05) is 6.92 Å². The average Bonchev–Trinajstić information content (AvgIpc) is 2.84. The third-order valence-electron chi connectivity index (χ3n) is 2.13. The number of ether oxygens (including phenoxy) is 1. The van der Waals surface area contributed by atoms with Crippen molar-refractivity contribution in [3.63, 3.8) is 0 Å². The molecule has 0 spiro atoms. The minimum Gasteiger partial charge on any atom is -0.490 e. The number of nitrogens with two attached hydrogens (primary N) is 1. The molecular formula is C11H13FN4OS. The number of anilines is 1. The van der Waals surface area contributed by atoms with E-state index in [1.807, 2.05) is 6.92 Å². The number of nitrogen functional groups attached to an aromatic ring is 1. The first-order valence-electron chi connectivity index (χ1n) is 5.45. The van der Waals surface area contributed by atoms with E-state index in [-0.39, 0.29) is 5.75 Å². The van der Waals surface area contributed by atoms with Crippen molar-refractivity contribution in [1.29, 1.82) is 0 Å². The standard InChI is InChI=1S/C11H13FN4OS/c1-2-3-17-9-5-10(8(13)4-7(9)12)18-11-14-6-15-16-11/h4-6H,2-3,13H2,1H3,(H,14,15,16). The molecule has 0 atom stereocenters. The maximum atomic E-state index is 13.6. The van der Waals surface area contributed by atoms with Gasteiger partial charge in [0.25, 0.3) is 0 Å². The molecule has 0 unspecified atom stereocenters. The Labute approximate surface area is 108 Å². The van der Waals surface area contributed by atoms with Crippen LogP contribution in [0.3, 0.4) is 0 Å². The van der Waals surface area contributed by atoms with Crippen LogP contribution in [0.1, 0.15) is 13.3 Å². The molecule has 96 valence electrons. The quantitative estimate of drug-likeness (QED) is 0.815. The second-order valence-corrected chi connectivity index (χ2v) is 4.59. The SMILES string of the molecule is CCCOc1cc(Sc2ncn[nH]2)c(N)cc1F. The molecular weight excluding hydrogens is 255 g/mol. The summed E-state index contributed by atoms with van der Waals surface area (Å²) in [5.41, 5.74) is 6.10. The van der Waals surface area contributed by atoms with Gasteiger partial charge >= 0.3 is 0 Å². The van der Waals surface area contributed by atoms with E-state index in [1.165, 1.54) is 24.2 Å². The minimum atomic E-state index is -0.456. The number of rotatable bonds is 5. The number of halogens is 1. The topological polar surface area (TPSA) is 76.8 Å². The van der Waals surface area contributed by atoms with Gasteiger partial charge < -0.3 is 10.5 Å². The molecule has 0 radical (unpaired) electrons. The highest BCUT2D eigenvalue weighted by molar-refractivity contribution is 7.99. The largest absolute Gasteiger partial charge is 0.490 e. The summed E-state index contributed by atoms with van der Waals surface area (Å²) in [7, 11) is 0. The normalized spacial score (nSPS) is 10.6. The number of nitrogens with zero attached hydrogens (tertiary/aromatic N) is 2. The Morgan fingerprint density at radius 3 is 3.00 bits per heavy atom. The fourth-order valence-corrected chi connectivity index (χ4v) is 2.06. The lowest BCUT2D eigenvalue weighted by Gasteiger charge is -2.09. The number of aromatic amines is 1. The number of nitrogens with one attached hydrogen (secondary N) is 1. The number of aromatic nitrogens is 3. The van der Waals surface area contributed by atoms with Gasteiger partial charge in [-0.05, 0) is 24.2 Å². The summed E-state index contributed by atoms with van der Waals surface area (Å²) in [5, 5.41) is 7.03. The van der Waals surface area contributed by atoms with Gasteiger partial charge in [-0.3, -0.25) is 5.10 Å². The smallest absolute Gasteiger partial charge is 0.188 e. The van der Waals surface area contributed by atoms with Crippen LogP contribution in [0.15, 0.2) is 28.5 Å². The molecule has 18 heavy (non-hydrogen) atoms. The third kappa shape index (κ3) is 2.92. The van der Waals surface area contributed by atoms with Crippen LogP contribution in [0.5, 0.6) is 5.75 Å². The highest BCUT2D eigenvalue weighted by atomic mass is 32.2. The molecule has 0 saturated heterocycles. The fourth-order valence-electron chi connectivity index (χ4n) is 1.31. The monoisotopic (exact) mass is 268 g/mol. The summed E-state index contributed by atoms with van der Waals surface area (Å²) in [6, 6.07) is 2.83. The molecule has 1 aromatic carbocycles. The lowest BCUT2D eigenvalue weighted by atomic mass is 10.3. The van der Waals surface area contributed by atoms with Crippen molar-refractivity contribution in [2.24, 2.45) is 0 Å². The van der Waals surface area contributed by atoms with Crippen molar-refractivity contribution < 1.29 is 9.13 Å². The van der Waals surface area contributed by atoms with Crippen molar-refractivity contribution in [2.75, 3.05) is 12.3 Å². The Hall–Kier alpha value is -1.76. The first-order chi connectivity index (χ1) is 8.70. The summed E-state index contributed by atoms with van der Waals surface area (Å²) < 4.78 is 18.9. The van der Waals surface area contributed by atoms with E-state index in [0.717, 1.165) is 6.42 Å². The van der Waals surface area contributed by atoms with Crippen molar-refractivity contribution >= 4 is 17.4 Å². The zero-order valence-corrected chi connectivity index (χ0v) is 10.6. The van der Waals surface area contributed by atoms with Gasteiger partial charge in [0.2, 0.25) is 0 Å².